The Morgan fingerprint density at radius 2 is 2.08 bits per heavy atom. The van der Waals surface area contributed by atoms with Crippen molar-refractivity contribution in [2.75, 3.05) is 11.9 Å². The number of ether oxygens (including phenoxy) is 2. The molecule has 2 atom stereocenters. The van der Waals surface area contributed by atoms with Gasteiger partial charge in [-0.25, -0.2) is 0 Å². The van der Waals surface area contributed by atoms with Crippen LogP contribution >= 0.6 is 11.6 Å². The Morgan fingerprint density at radius 3 is 2.85 bits per heavy atom. The predicted molar refractivity (Wildman–Crippen MR) is 99.5 cm³/mol. The first-order chi connectivity index (χ1) is 12.4. The van der Waals surface area contributed by atoms with Gasteiger partial charge in [0.2, 0.25) is 0 Å². The Labute approximate surface area is 157 Å². The predicted octanol–water partition coefficient (Wildman–Crippen LogP) is 3.77. The summed E-state index contributed by atoms with van der Waals surface area (Å²) < 4.78 is 10.9. The number of carbonyl (C=O) groups excluding carboxylic acids is 2. The number of esters is 1. The average Bonchev–Trinajstić information content (AvgIpc) is 2.60. The number of anilines is 1. The van der Waals surface area contributed by atoms with Gasteiger partial charge in [0.25, 0.3) is 5.91 Å². The van der Waals surface area contributed by atoms with E-state index in [1.165, 1.54) is 0 Å². The molecule has 0 spiro atoms. The second-order valence-electron chi connectivity index (χ2n) is 6.40. The highest BCUT2D eigenvalue weighted by Gasteiger charge is 2.30. The van der Waals surface area contributed by atoms with Gasteiger partial charge < -0.3 is 14.8 Å². The fourth-order valence-corrected chi connectivity index (χ4v) is 3.00. The zero-order valence-corrected chi connectivity index (χ0v) is 15.4. The molecule has 0 aromatic heterocycles. The molecule has 0 unspecified atom stereocenters. The molecule has 1 N–H and O–H groups in total. The third kappa shape index (κ3) is 4.35. The number of rotatable bonds is 4. The lowest BCUT2D eigenvalue weighted by Crippen LogP contribution is -2.36. The van der Waals surface area contributed by atoms with Crippen molar-refractivity contribution in [3.05, 3.63) is 58.6 Å². The summed E-state index contributed by atoms with van der Waals surface area (Å²) in [5.41, 5.74) is 2.56. The highest BCUT2D eigenvalue weighted by atomic mass is 35.5. The molecule has 1 aliphatic heterocycles. The molecule has 5 nitrogen and oxygen atoms in total. The minimum absolute atomic E-state index is 0.222. The molecule has 1 heterocycles. The van der Waals surface area contributed by atoms with Gasteiger partial charge in [-0.1, -0.05) is 23.7 Å². The number of nitrogens with one attached hydrogen (secondary N) is 1. The van der Waals surface area contributed by atoms with E-state index in [4.69, 9.17) is 21.1 Å². The van der Waals surface area contributed by atoms with E-state index in [2.05, 4.69) is 5.32 Å². The normalized spacial score (nSPS) is 16.8. The molecule has 26 heavy (non-hydrogen) atoms. The molecule has 2 aromatic rings. The van der Waals surface area contributed by atoms with E-state index in [-0.39, 0.29) is 12.5 Å². The van der Waals surface area contributed by atoms with Crippen molar-refractivity contribution >= 4 is 29.2 Å². The Balaban J connectivity index is 1.58. The van der Waals surface area contributed by atoms with Crippen LogP contribution in [0.2, 0.25) is 5.02 Å². The van der Waals surface area contributed by atoms with Gasteiger partial charge >= 0.3 is 5.97 Å². The van der Waals surface area contributed by atoms with Crippen molar-refractivity contribution in [1.29, 1.82) is 0 Å². The molecule has 0 aliphatic carbocycles. The van der Waals surface area contributed by atoms with Crippen molar-refractivity contribution < 1.29 is 19.1 Å². The van der Waals surface area contributed by atoms with E-state index in [9.17, 15) is 9.59 Å². The minimum Gasteiger partial charge on any atom is -0.492 e. The molecular formula is C20H20ClNO4. The highest BCUT2D eigenvalue weighted by Crippen LogP contribution is 2.30. The van der Waals surface area contributed by atoms with Crippen LogP contribution in [0.5, 0.6) is 5.75 Å². The fraction of sp³-hybridized carbons (Fsp3) is 0.300. The van der Waals surface area contributed by atoms with Gasteiger partial charge in [-0.2, -0.15) is 0 Å². The summed E-state index contributed by atoms with van der Waals surface area (Å²) in [6.07, 6.45) is -0.426. The van der Waals surface area contributed by atoms with Crippen molar-refractivity contribution in [3.8, 4) is 5.75 Å². The molecule has 0 saturated heterocycles. The van der Waals surface area contributed by atoms with Crippen LogP contribution in [0.3, 0.4) is 0 Å². The van der Waals surface area contributed by atoms with Gasteiger partial charge in [0.05, 0.1) is 5.92 Å². The summed E-state index contributed by atoms with van der Waals surface area (Å²) in [5, 5.41) is 3.34. The van der Waals surface area contributed by atoms with Crippen LogP contribution in [0.25, 0.3) is 0 Å². The molecular weight excluding hydrogens is 354 g/mol. The topological polar surface area (TPSA) is 64.6 Å². The van der Waals surface area contributed by atoms with Gasteiger partial charge in [-0.15, -0.1) is 0 Å². The van der Waals surface area contributed by atoms with Gasteiger partial charge in [0.1, 0.15) is 12.4 Å². The zero-order valence-electron chi connectivity index (χ0n) is 14.6. The first-order valence-electron chi connectivity index (χ1n) is 8.41. The molecule has 0 radical (unpaired) electrons. The lowest BCUT2D eigenvalue weighted by atomic mass is 9.97. The van der Waals surface area contributed by atoms with E-state index in [1.807, 2.05) is 25.1 Å². The van der Waals surface area contributed by atoms with E-state index in [1.54, 1.807) is 31.2 Å². The first kappa shape index (κ1) is 18.3. The van der Waals surface area contributed by atoms with E-state index >= 15 is 0 Å². The maximum atomic E-state index is 12.4. The third-order valence-corrected chi connectivity index (χ3v) is 4.45. The third-order valence-electron chi connectivity index (χ3n) is 4.21. The van der Waals surface area contributed by atoms with Gasteiger partial charge in [-0.05, 0) is 61.7 Å². The van der Waals surface area contributed by atoms with Crippen LogP contribution < -0.4 is 10.1 Å². The molecule has 6 heteroatoms. The first-order valence-corrected chi connectivity index (χ1v) is 8.79. The largest absolute Gasteiger partial charge is 0.492 e. The maximum absolute atomic E-state index is 12.4. The van der Waals surface area contributed by atoms with Crippen molar-refractivity contribution in [2.45, 2.75) is 26.4 Å². The van der Waals surface area contributed by atoms with Crippen LogP contribution in [0, 0.1) is 12.8 Å². The van der Waals surface area contributed by atoms with Crippen molar-refractivity contribution in [3.63, 3.8) is 0 Å². The number of aryl methyl sites for hydroxylation is 1. The number of fused-ring (bicyclic) bond motifs is 1. The molecule has 1 amide bonds. The molecule has 0 fully saturated rings. The Kier molecular flexibility index (Phi) is 5.47. The lowest BCUT2D eigenvalue weighted by Gasteiger charge is -2.25. The second-order valence-corrected chi connectivity index (χ2v) is 6.84. The summed E-state index contributed by atoms with van der Waals surface area (Å²) in [7, 11) is 0. The van der Waals surface area contributed by atoms with E-state index < -0.39 is 18.0 Å². The molecule has 0 bridgehead atoms. The Bertz CT molecular complexity index is 836. The van der Waals surface area contributed by atoms with Gasteiger partial charge in [-0.3, -0.25) is 9.59 Å². The van der Waals surface area contributed by atoms with Crippen LogP contribution in [0.1, 0.15) is 18.1 Å². The molecule has 136 valence electrons. The molecule has 2 aromatic carbocycles. The lowest BCUT2D eigenvalue weighted by molar-refractivity contribution is -0.158. The number of benzene rings is 2. The summed E-state index contributed by atoms with van der Waals surface area (Å²) in [6, 6.07) is 12.7. The number of amides is 1. The smallest absolute Gasteiger partial charge is 0.313 e. The zero-order chi connectivity index (χ0) is 18.7. The summed E-state index contributed by atoms with van der Waals surface area (Å²) in [4.78, 5) is 24.6. The standard InChI is InChI=1S/C20H20ClNO4/c1-12-4-3-5-17(8-12)22-19(23)13(2)26-20(24)15-9-14-10-16(21)6-7-18(14)25-11-15/h3-8,10,13,15H,9,11H2,1-2H3,(H,22,23)/t13-,15+/m1/s1. The quantitative estimate of drug-likeness (QED) is 0.828. The second kappa shape index (κ2) is 7.79. The highest BCUT2D eigenvalue weighted by molar-refractivity contribution is 6.30. The average molecular weight is 374 g/mol. The Morgan fingerprint density at radius 1 is 1.27 bits per heavy atom. The number of carbonyl (C=O) groups is 2. The fourth-order valence-electron chi connectivity index (χ4n) is 2.81. The number of halogens is 1. The number of hydrogen-bond donors (Lipinski definition) is 1. The van der Waals surface area contributed by atoms with Crippen LogP contribution in [0.4, 0.5) is 5.69 Å². The van der Waals surface area contributed by atoms with Gasteiger partial charge in [0, 0.05) is 10.7 Å². The SMILES string of the molecule is Cc1cccc(NC(=O)[C@@H](C)OC(=O)[C@@H]2COc3ccc(Cl)cc3C2)c1. The van der Waals surface area contributed by atoms with E-state index in [0.29, 0.717) is 17.1 Å². The monoisotopic (exact) mass is 373 g/mol. The molecule has 3 rings (SSSR count). The van der Waals surface area contributed by atoms with Gasteiger partial charge in [0.15, 0.2) is 6.10 Å². The Hall–Kier alpha value is -2.53. The van der Waals surface area contributed by atoms with Crippen LogP contribution in [0.15, 0.2) is 42.5 Å². The molecule has 0 saturated carbocycles. The molecule has 1 aliphatic rings. The van der Waals surface area contributed by atoms with Crippen LogP contribution in [-0.2, 0) is 20.7 Å². The van der Waals surface area contributed by atoms with Crippen molar-refractivity contribution in [2.24, 2.45) is 5.92 Å². The summed E-state index contributed by atoms with van der Waals surface area (Å²) in [5.74, 6) is -0.564. The maximum Gasteiger partial charge on any atom is 0.313 e. The minimum atomic E-state index is -0.899. The summed E-state index contributed by atoms with van der Waals surface area (Å²) >= 11 is 5.99. The van der Waals surface area contributed by atoms with Crippen molar-refractivity contribution in [1.82, 2.24) is 0 Å². The van der Waals surface area contributed by atoms with E-state index in [0.717, 1.165) is 16.9 Å². The summed E-state index contributed by atoms with van der Waals surface area (Å²) in [6.45, 7) is 3.71. The number of hydrogen-bond acceptors (Lipinski definition) is 4. The van der Waals surface area contributed by atoms with Crippen LogP contribution in [-0.4, -0.2) is 24.6 Å².